The molecule has 4 heterocycles. The van der Waals surface area contributed by atoms with E-state index in [0.717, 1.165) is 66.7 Å². The SMILES string of the molecule is COc1cc2c(cc1CN1CCCC(c3ccc(Nc4cnccn4)cn3)C1)OCCO2. The van der Waals surface area contributed by atoms with E-state index in [0.29, 0.717) is 24.9 Å². The van der Waals surface area contributed by atoms with E-state index in [1.165, 1.54) is 0 Å². The molecule has 2 aliphatic rings. The van der Waals surface area contributed by atoms with Crippen molar-refractivity contribution in [2.24, 2.45) is 0 Å². The lowest BCUT2D eigenvalue weighted by Crippen LogP contribution is -2.34. The summed E-state index contributed by atoms with van der Waals surface area (Å²) in [5, 5.41) is 3.23. The number of piperidine rings is 1. The topological polar surface area (TPSA) is 81.6 Å². The average Bonchev–Trinajstić information content (AvgIpc) is 2.85. The average molecular weight is 434 g/mol. The van der Waals surface area contributed by atoms with Crippen LogP contribution in [0.5, 0.6) is 17.2 Å². The molecular formula is C24H27N5O3. The first-order chi connectivity index (χ1) is 15.8. The Morgan fingerprint density at radius 2 is 1.97 bits per heavy atom. The van der Waals surface area contributed by atoms with Crippen LogP contribution in [-0.4, -0.2) is 53.3 Å². The number of rotatable bonds is 6. The molecule has 2 aliphatic heterocycles. The van der Waals surface area contributed by atoms with Crippen LogP contribution >= 0.6 is 0 Å². The number of hydrogen-bond acceptors (Lipinski definition) is 8. The Labute approximate surface area is 187 Å². The second kappa shape index (κ2) is 9.40. The monoisotopic (exact) mass is 433 g/mol. The van der Waals surface area contributed by atoms with Crippen molar-refractivity contribution >= 4 is 11.5 Å². The van der Waals surface area contributed by atoms with Gasteiger partial charge in [-0.15, -0.1) is 0 Å². The van der Waals surface area contributed by atoms with E-state index in [9.17, 15) is 0 Å². The van der Waals surface area contributed by atoms with Crippen LogP contribution in [0.4, 0.5) is 11.5 Å². The summed E-state index contributed by atoms with van der Waals surface area (Å²) in [6, 6.07) is 8.16. The highest BCUT2D eigenvalue weighted by Crippen LogP contribution is 2.38. The Morgan fingerprint density at radius 1 is 1.09 bits per heavy atom. The normalized spacial score (nSPS) is 18.2. The smallest absolute Gasteiger partial charge is 0.165 e. The highest BCUT2D eigenvalue weighted by Gasteiger charge is 2.24. The van der Waals surface area contributed by atoms with Gasteiger partial charge in [-0.1, -0.05) is 0 Å². The van der Waals surface area contributed by atoms with Crippen molar-refractivity contribution in [3.05, 3.63) is 60.3 Å². The zero-order valence-corrected chi connectivity index (χ0v) is 18.2. The second-order valence-electron chi connectivity index (χ2n) is 8.07. The predicted octanol–water partition coefficient (Wildman–Crippen LogP) is 3.77. The molecule has 2 aromatic heterocycles. The van der Waals surface area contributed by atoms with Gasteiger partial charge in [0.05, 0.1) is 25.2 Å². The minimum atomic E-state index is 0.400. The van der Waals surface area contributed by atoms with Crippen LogP contribution in [0.25, 0.3) is 0 Å². The van der Waals surface area contributed by atoms with Crippen LogP contribution in [0.2, 0.25) is 0 Å². The lowest BCUT2D eigenvalue weighted by Gasteiger charge is -2.33. The number of benzene rings is 1. The van der Waals surface area contributed by atoms with E-state index in [1.54, 1.807) is 25.7 Å². The van der Waals surface area contributed by atoms with Crippen LogP contribution in [0.15, 0.2) is 49.1 Å². The van der Waals surface area contributed by atoms with Gasteiger partial charge in [-0.2, -0.15) is 0 Å². The molecule has 0 amide bonds. The molecule has 8 nitrogen and oxygen atoms in total. The molecule has 32 heavy (non-hydrogen) atoms. The van der Waals surface area contributed by atoms with Crippen LogP contribution in [0.1, 0.15) is 30.0 Å². The van der Waals surface area contributed by atoms with Crippen molar-refractivity contribution in [1.29, 1.82) is 0 Å². The summed E-state index contributed by atoms with van der Waals surface area (Å²) in [7, 11) is 1.70. The molecule has 0 radical (unpaired) electrons. The number of ether oxygens (including phenoxy) is 3. The molecule has 166 valence electrons. The van der Waals surface area contributed by atoms with E-state index in [-0.39, 0.29) is 0 Å². The third kappa shape index (κ3) is 4.60. The molecule has 1 aromatic carbocycles. The summed E-state index contributed by atoms with van der Waals surface area (Å²) in [5.74, 6) is 3.51. The molecule has 0 aliphatic carbocycles. The van der Waals surface area contributed by atoms with Crippen LogP contribution in [0.3, 0.4) is 0 Å². The molecule has 3 aromatic rings. The maximum Gasteiger partial charge on any atom is 0.165 e. The predicted molar refractivity (Wildman–Crippen MR) is 121 cm³/mol. The Balaban J connectivity index is 1.26. The van der Waals surface area contributed by atoms with Crippen LogP contribution in [0, 0.1) is 0 Å². The summed E-state index contributed by atoms with van der Waals surface area (Å²) >= 11 is 0. The third-order valence-electron chi connectivity index (χ3n) is 5.88. The summed E-state index contributed by atoms with van der Waals surface area (Å²) in [6.07, 6.45) is 9.16. The molecule has 1 fully saturated rings. The van der Waals surface area contributed by atoms with Gasteiger partial charge in [-0.25, -0.2) is 4.98 Å². The van der Waals surface area contributed by atoms with Gasteiger partial charge in [0.2, 0.25) is 0 Å². The first-order valence-corrected chi connectivity index (χ1v) is 11.0. The third-order valence-corrected chi connectivity index (χ3v) is 5.88. The number of anilines is 2. The van der Waals surface area contributed by atoms with Gasteiger partial charge in [0, 0.05) is 48.7 Å². The van der Waals surface area contributed by atoms with Crippen molar-refractivity contribution in [3.8, 4) is 17.2 Å². The van der Waals surface area contributed by atoms with Crippen LogP contribution < -0.4 is 19.5 Å². The Morgan fingerprint density at radius 3 is 2.72 bits per heavy atom. The molecule has 8 heteroatoms. The van der Waals surface area contributed by atoms with E-state index < -0.39 is 0 Å². The molecule has 1 unspecified atom stereocenters. The number of nitrogens with zero attached hydrogens (tertiary/aromatic N) is 4. The number of likely N-dealkylation sites (tertiary alicyclic amines) is 1. The number of fused-ring (bicyclic) bond motifs is 1. The molecule has 0 spiro atoms. The quantitative estimate of drug-likeness (QED) is 0.629. The molecule has 5 rings (SSSR count). The summed E-state index contributed by atoms with van der Waals surface area (Å²) < 4.78 is 17.1. The van der Waals surface area contributed by atoms with E-state index in [2.05, 4.69) is 38.4 Å². The molecule has 0 bridgehead atoms. The minimum Gasteiger partial charge on any atom is -0.496 e. The standard InChI is InChI=1S/C24H27N5O3/c1-30-21-12-23-22(31-9-10-32-23)11-18(21)16-29-8-2-3-17(15-29)20-5-4-19(13-27-20)28-24-14-25-6-7-26-24/h4-7,11-14,17H,2-3,8-10,15-16H2,1H3,(H,26,28). The zero-order chi connectivity index (χ0) is 21.8. The van der Waals surface area contributed by atoms with Crippen molar-refractivity contribution < 1.29 is 14.2 Å². The first-order valence-electron chi connectivity index (χ1n) is 11.0. The van der Waals surface area contributed by atoms with Crippen molar-refractivity contribution in [1.82, 2.24) is 19.9 Å². The highest BCUT2D eigenvalue weighted by atomic mass is 16.6. The number of aromatic nitrogens is 3. The molecule has 1 N–H and O–H groups in total. The van der Waals surface area contributed by atoms with E-state index in [1.807, 2.05) is 12.3 Å². The molecule has 1 atom stereocenters. The maximum absolute atomic E-state index is 5.77. The molecule has 1 saturated heterocycles. The highest BCUT2D eigenvalue weighted by molar-refractivity contribution is 5.54. The molecule has 0 saturated carbocycles. The van der Waals surface area contributed by atoms with Crippen LogP contribution in [-0.2, 0) is 6.54 Å². The Bertz CT molecular complexity index is 1050. The lowest BCUT2D eigenvalue weighted by atomic mass is 9.94. The number of methoxy groups -OCH3 is 1. The van der Waals surface area contributed by atoms with Gasteiger partial charge in [-0.05, 0) is 37.6 Å². The number of nitrogens with one attached hydrogen (secondary N) is 1. The fourth-order valence-corrected chi connectivity index (χ4v) is 4.34. The lowest BCUT2D eigenvalue weighted by molar-refractivity contribution is 0.168. The van der Waals surface area contributed by atoms with Gasteiger partial charge in [0.15, 0.2) is 11.5 Å². The Kier molecular flexibility index (Phi) is 6.02. The minimum absolute atomic E-state index is 0.400. The molecular weight excluding hydrogens is 406 g/mol. The second-order valence-corrected chi connectivity index (χ2v) is 8.07. The van der Waals surface area contributed by atoms with Gasteiger partial charge in [0.1, 0.15) is 24.8 Å². The number of hydrogen-bond donors (Lipinski definition) is 1. The zero-order valence-electron chi connectivity index (χ0n) is 18.2. The first kappa shape index (κ1) is 20.5. The van der Waals surface area contributed by atoms with E-state index >= 15 is 0 Å². The number of pyridine rings is 1. The van der Waals surface area contributed by atoms with Crippen molar-refractivity contribution in [3.63, 3.8) is 0 Å². The largest absolute Gasteiger partial charge is 0.496 e. The fourth-order valence-electron chi connectivity index (χ4n) is 4.34. The summed E-state index contributed by atoms with van der Waals surface area (Å²) in [6.45, 7) is 3.98. The Hall–Kier alpha value is -3.39. The fraction of sp³-hybridized carbons (Fsp3) is 0.375. The van der Waals surface area contributed by atoms with Gasteiger partial charge in [-0.3, -0.25) is 14.9 Å². The van der Waals surface area contributed by atoms with Crippen molar-refractivity contribution in [2.45, 2.75) is 25.3 Å². The van der Waals surface area contributed by atoms with Gasteiger partial charge in [0.25, 0.3) is 0 Å². The summed E-state index contributed by atoms with van der Waals surface area (Å²) in [5.41, 5.74) is 3.14. The van der Waals surface area contributed by atoms with E-state index in [4.69, 9.17) is 19.2 Å². The van der Waals surface area contributed by atoms with Gasteiger partial charge >= 0.3 is 0 Å². The summed E-state index contributed by atoms with van der Waals surface area (Å²) in [4.78, 5) is 15.5. The van der Waals surface area contributed by atoms with Crippen molar-refractivity contribution in [2.75, 3.05) is 38.7 Å². The van der Waals surface area contributed by atoms with Gasteiger partial charge < -0.3 is 19.5 Å². The maximum atomic E-state index is 5.77.